The molecular weight excluding hydrogens is 238 g/mol. The van der Waals surface area contributed by atoms with Gasteiger partial charge in [-0.15, -0.1) is 0 Å². The number of benzene rings is 1. The van der Waals surface area contributed by atoms with E-state index in [0.717, 1.165) is 42.8 Å². The monoisotopic (exact) mass is 255 g/mol. The molecule has 0 bridgehead atoms. The number of rotatable bonds is 2. The average molecular weight is 255 g/mol. The Hall–Kier alpha value is -2.03. The van der Waals surface area contributed by atoms with Crippen LogP contribution in [0, 0.1) is 0 Å². The highest BCUT2D eigenvalue weighted by Crippen LogP contribution is 2.22. The molecule has 0 unspecified atom stereocenters. The summed E-state index contributed by atoms with van der Waals surface area (Å²) in [5.74, 6) is 0.932. The maximum absolute atomic E-state index is 12.4. The summed E-state index contributed by atoms with van der Waals surface area (Å²) in [6, 6.07) is 11.4. The van der Waals surface area contributed by atoms with E-state index in [9.17, 15) is 4.79 Å². The van der Waals surface area contributed by atoms with Crippen molar-refractivity contribution in [1.29, 1.82) is 0 Å². The average Bonchev–Trinajstić information content (AvgIpc) is 3.02. The van der Waals surface area contributed by atoms with E-state index in [1.54, 1.807) is 6.26 Å². The molecule has 2 aromatic rings. The van der Waals surface area contributed by atoms with Crippen LogP contribution in [0.3, 0.4) is 0 Å². The SMILES string of the molecule is O=C(c1cccc(-c2ccco2)c1)N1CCCCC1. The van der Waals surface area contributed by atoms with Crippen LogP contribution in [0.1, 0.15) is 29.6 Å². The van der Waals surface area contributed by atoms with Gasteiger partial charge in [-0.05, 0) is 43.5 Å². The highest BCUT2D eigenvalue weighted by molar-refractivity contribution is 5.95. The topological polar surface area (TPSA) is 33.5 Å². The maximum atomic E-state index is 12.4. The number of amides is 1. The van der Waals surface area contributed by atoms with Gasteiger partial charge >= 0.3 is 0 Å². The number of likely N-dealkylation sites (tertiary alicyclic amines) is 1. The quantitative estimate of drug-likeness (QED) is 0.822. The first kappa shape index (κ1) is 12.0. The van der Waals surface area contributed by atoms with Crippen molar-refractivity contribution in [3.63, 3.8) is 0 Å². The molecule has 0 atom stereocenters. The molecule has 1 amide bonds. The third kappa shape index (κ3) is 2.55. The van der Waals surface area contributed by atoms with E-state index < -0.39 is 0 Å². The Morgan fingerprint density at radius 2 is 1.89 bits per heavy atom. The third-order valence-corrected chi connectivity index (χ3v) is 3.56. The Morgan fingerprint density at radius 3 is 2.63 bits per heavy atom. The summed E-state index contributed by atoms with van der Waals surface area (Å²) >= 11 is 0. The summed E-state index contributed by atoms with van der Waals surface area (Å²) < 4.78 is 5.37. The first-order valence-corrected chi connectivity index (χ1v) is 6.78. The highest BCUT2D eigenvalue weighted by atomic mass is 16.3. The zero-order valence-corrected chi connectivity index (χ0v) is 10.8. The van der Waals surface area contributed by atoms with E-state index in [-0.39, 0.29) is 5.91 Å². The predicted molar refractivity (Wildman–Crippen MR) is 73.9 cm³/mol. The van der Waals surface area contributed by atoms with Crippen molar-refractivity contribution in [2.45, 2.75) is 19.3 Å². The van der Waals surface area contributed by atoms with E-state index >= 15 is 0 Å². The first-order valence-electron chi connectivity index (χ1n) is 6.78. The van der Waals surface area contributed by atoms with Gasteiger partial charge < -0.3 is 9.32 Å². The maximum Gasteiger partial charge on any atom is 0.253 e. The molecule has 1 aromatic carbocycles. The molecule has 3 nitrogen and oxygen atoms in total. The lowest BCUT2D eigenvalue weighted by Gasteiger charge is -2.26. The van der Waals surface area contributed by atoms with Crippen molar-refractivity contribution in [2.24, 2.45) is 0 Å². The van der Waals surface area contributed by atoms with Gasteiger partial charge in [-0.3, -0.25) is 4.79 Å². The van der Waals surface area contributed by atoms with Crippen LogP contribution in [0.2, 0.25) is 0 Å². The zero-order chi connectivity index (χ0) is 13.1. The number of hydrogen-bond donors (Lipinski definition) is 0. The molecule has 1 aliphatic heterocycles. The standard InChI is InChI=1S/C16H17NO2/c18-16(17-9-2-1-3-10-17)14-7-4-6-13(12-14)15-8-5-11-19-15/h4-8,11-12H,1-3,9-10H2. The van der Waals surface area contributed by atoms with Crippen molar-refractivity contribution in [3.05, 3.63) is 48.2 Å². The van der Waals surface area contributed by atoms with Gasteiger partial charge in [0.15, 0.2) is 0 Å². The van der Waals surface area contributed by atoms with Crippen LogP contribution in [0.4, 0.5) is 0 Å². The lowest BCUT2D eigenvalue weighted by Crippen LogP contribution is -2.35. The van der Waals surface area contributed by atoms with Gasteiger partial charge in [-0.1, -0.05) is 12.1 Å². The summed E-state index contributed by atoms with van der Waals surface area (Å²) in [6.45, 7) is 1.76. The van der Waals surface area contributed by atoms with Gasteiger partial charge in [0, 0.05) is 24.2 Å². The molecule has 3 heteroatoms. The Morgan fingerprint density at radius 1 is 1.05 bits per heavy atom. The van der Waals surface area contributed by atoms with E-state index in [2.05, 4.69) is 0 Å². The summed E-state index contributed by atoms with van der Waals surface area (Å²) in [4.78, 5) is 14.4. The van der Waals surface area contributed by atoms with E-state index in [1.807, 2.05) is 41.3 Å². The molecule has 0 radical (unpaired) electrons. The molecule has 19 heavy (non-hydrogen) atoms. The lowest BCUT2D eigenvalue weighted by molar-refractivity contribution is 0.0724. The second-order valence-electron chi connectivity index (χ2n) is 4.91. The summed E-state index contributed by atoms with van der Waals surface area (Å²) in [5.41, 5.74) is 1.70. The zero-order valence-electron chi connectivity index (χ0n) is 10.8. The molecule has 1 saturated heterocycles. The molecule has 0 aliphatic carbocycles. The molecule has 0 saturated carbocycles. The largest absolute Gasteiger partial charge is 0.464 e. The van der Waals surface area contributed by atoms with Crippen molar-refractivity contribution in [3.8, 4) is 11.3 Å². The number of nitrogens with zero attached hydrogens (tertiary/aromatic N) is 1. The van der Waals surface area contributed by atoms with Gasteiger partial charge in [-0.2, -0.15) is 0 Å². The molecule has 0 spiro atoms. The molecule has 2 heterocycles. The van der Waals surface area contributed by atoms with Crippen LogP contribution in [0.15, 0.2) is 47.1 Å². The Kier molecular flexibility index (Phi) is 3.36. The van der Waals surface area contributed by atoms with Crippen LogP contribution >= 0.6 is 0 Å². The Labute approximate surface area is 112 Å². The lowest BCUT2D eigenvalue weighted by atomic mass is 10.1. The molecule has 0 N–H and O–H groups in total. The second kappa shape index (κ2) is 5.31. The van der Waals surface area contributed by atoms with E-state index in [0.29, 0.717) is 0 Å². The summed E-state index contributed by atoms with van der Waals surface area (Å²) in [5, 5.41) is 0. The minimum absolute atomic E-state index is 0.133. The van der Waals surface area contributed by atoms with Crippen LogP contribution in [-0.4, -0.2) is 23.9 Å². The normalized spacial score (nSPS) is 15.5. The molecule has 3 rings (SSSR count). The molecule has 98 valence electrons. The highest BCUT2D eigenvalue weighted by Gasteiger charge is 2.18. The smallest absolute Gasteiger partial charge is 0.253 e. The van der Waals surface area contributed by atoms with Gasteiger partial charge in [-0.25, -0.2) is 0 Å². The third-order valence-electron chi connectivity index (χ3n) is 3.56. The van der Waals surface area contributed by atoms with Crippen LogP contribution < -0.4 is 0 Å². The minimum atomic E-state index is 0.133. The fourth-order valence-corrected chi connectivity index (χ4v) is 2.53. The number of carbonyl (C=O) groups is 1. The van der Waals surface area contributed by atoms with E-state index in [4.69, 9.17) is 4.42 Å². The van der Waals surface area contributed by atoms with Gasteiger partial charge in [0.25, 0.3) is 5.91 Å². The van der Waals surface area contributed by atoms with Crippen molar-refractivity contribution < 1.29 is 9.21 Å². The summed E-state index contributed by atoms with van der Waals surface area (Å²) in [6.07, 6.45) is 5.11. The summed E-state index contributed by atoms with van der Waals surface area (Å²) in [7, 11) is 0. The molecule has 1 aromatic heterocycles. The number of furan rings is 1. The molecule has 1 aliphatic rings. The van der Waals surface area contributed by atoms with Crippen LogP contribution in [0.25, 0.3) is 11.3 Å². The Bertz CT molecular complexity index is 554. The van der Waals surface area contributed by atoms with Crippen molar-refractivity contribution in [2.75, 3.05) is 13.1 Å². The molecular formula is C16H17NO2. The Balaban J connectivity index is 1.84. The number of hydrogen-bond acceptors (Lipinski definition) is 2. The van der Waals surface area contributed by atoms with Crippen LogP contribution in [-0.2, 0) is 0 Å². The number of piperidine rings is 1. The van der Waals surface area contributed by atoms with Gasteiger partial charge in [0.05, 0.1) is 6.26 Å². The molecule has 1 fully saturated rings. The minimum Gasteiger partial charge on any atom is -0.464 e. The van der Waals surface area contributed by atoms with Crippen LogP contribution in [0.5, 0.6) is 0 Å². The van der Waals surface area contributed by atoms with Crippen molar-refractivity contribution in [1.82, 2.24) is 4.90 Å². The fourth-order valence-electron chi connectivity index (χ4n) is 2.53. The van der Waals surface area contributed by atoms with E-state index in [1.165, 1.54) is 6.42 Å². The fraction of sp³-hybridized carbons (Fsp3) is 0.312. The predicted octanol–water partition coefficient (Wildman–Crippen LogP) is 3.57. The first-order chi connectivity index (χ1) is 9.34. The number of carbonyl (C=O) groups excluding carboxylic acids is 1. The van der Waals surface area contributed by atoms with Gasteiger partial charge in [0.1, 0.15) is 5.76 Å². The second-order valence-corrected chi connectivity index (χ2v) is 4.91. The van der Waals surface area contributed by atoms with Crippen molar-refractivity contribution >= 4 is 5.91 Å². The van der Waals surface area contributed by atoms with Gasteiger partial charge in [0.2, 0.25) is 0 Å².